The molecule has 0 N–H and O–H groups in total. The lowest BCUT2D eigenvalue weighted by Gasteiger charge is -1.96. The highest BCUT2D eigenvalue weighted by molar-refractivity contribution is 7.24. The van der Waals surface area contributed by atoms with Crippen molar-refractivity contribution < 1.29 is 9.53 Å². The van der Waals surface area contributed by atoms with Crippen molar-refractivity contribution in [1.82, 2.24) is 4.98 Å². The van der Waals surface area contributed by atoms with E-state index in [1.165, 1.54) is 29.8 Å². The van der Waals surface area contributed by atoms with Crippen LogP contribution >= 0.6 is 34.3 Å². The van der Waals surface area contributed by atoms with E-state index in [0.29, 0.717) is 10.0 Å². The molecule has 0 saturated carbocycles. The molecule has 0 aromatic carbocycles. The van der Waals surface area contributed by atoms with E-state index in [0.717, 1.165) is 14.8 Å². The van der Waals surface area contributed by atoms with Crippen LogP contribution in [0.2, 0.25) is 4.34 Å². The van der Waals surface area contributed by atoms with Gasteiger partial charge in [-0.05, 0) is 19.1 Å². The van der Waals surface area contributed by atoms with Crippen molar-refractivity contribution >= 4 is 40.2 Å². The van der Waals surface area contributed by atoms with Crippen LogP contribution in [0.4, 0.5) is 0 Å². The molecule has 16 heavy (non-hydrogen) atoms. The zero-order valence-corrected chi connectivity index (χ0v) is 11.0. The van der Waals surface area contributed by atoms with Gasteiger partial charge >= 0.3 is 5.97 Å². The zero-order valence-electron chi connectivity index (χ0n) is 8.61. The summed E-state index contributed by atoms with van der Waals surface area (Å²) in [5.41, 5.74) is 0.364. The molecule has 2 aromatic heterocycles. The number of thiazole rings is 1. The molecule has 0 atom stereocenters. The minimum absolute atomic E-state index is 0.364. The molecule has 84 valence electrons. The van der Waals surface area contributed by atoms with Gasteiger partial charge in [0.05, 0.1) is 21.3 Å². The van der Waals surface area contributed by atoms with Gasteiger partial charge in [-0.2, -0.15) is 0 Å². The monoisotopic (exact) mass is 273 g/mol. The molecule has 2 aromatic rings. The number of aromatic nitrogens is 1. The number of hydrogen-bond donors (Lipinski definition) is 0. The Morgan fingerprint density at radius 1 is 1.44 bits per heavy atom. The highest BCUT2D eigenvalue weighted by atomic mass is 35.5. The fraction of sp³-hybridized carbons (Fsp3) is 0.200. The van der Waals surface area contributed by atoms with Crippen LogP contribution in [0.15, 0.2) is 12.1 Å². The van der Waals surface area contributed by atoms with E-state index in [-0.39, 0.29) is 0 Å². The van der Waals surface area contributed by atoms with Crippen LogP contribution in [0, 0.1) is 6.92 Å². The highest BCUT2D eigenvalue weighted by Gasteiger charge is 2.19. The smallest absolute Gasteiger partial charge is 0.358 e. The van der Waals surface area contributed by atoms with E-state index < -0.39 is 5.97 Å². The Bertz CT molecular complexity index is 533. The van der Waals surface area contributed by atoms with Gasteiger partial charge in [0.25, 0.3) is 0 Å². The summed E-state index contributed by atoms with van der Waals surface area (Å²) in [7, 11) is 1.35. The number of methoxy groups -OCH3 is 1. The van der Waals surface area contributed by atoms with Crippen molar-refractivity contribution in [2.75, 3.05) is 7.11 Å². The van der Waals surface area contributed by atoms with Crippen molar-refractivity contribution in [3.8, 4) is 9.75 Å². The third-order valence-electron chi connectivity index (χ3n) is 1.91. The predicted octanol–water partition coefficient (Wildman–Crippen LogP) is 3.62. The fourth-order valence-electron chi connectivity index (χ4n) is 1.27. The van der Waals surface area contributed by atoms with Gasteiger partial charge in [-0.3, -0.25) is 0 Å². The Labute approximate surface area is 106 Å². The molecule has 0 saturated heterocycles. The van der Waals surface area contributed by atoms with Crippen molar-refractivity contribution in [1.29, 1.82) is 0 Å². The summed E-state index contributed by atoms with van der Waals surface area (Å²) in [6, 6.07) is 3.68. The number of nitrogens with zero attached hydrogens (tertiary/aromatic N) is 1. The van der Waals surface area contributed by atoms with Gasteiger partial charge in [-0.15, -0.1) is 22.7 Å². The number of carbonyl (C=O) groups excluding carboxylic acids is 1. The molecule has 0 aliphatic carbocycles. The number of hydrogen-bond acceptors (Lipinski definition) is 5. The van der Waals surface area contributed by atoms with Crippen molar-refractivity contribution in [3.63, 3.8) is 0 Å². The van der Waals surface area contributed by atoms with Gasteiger partial charge in [0.1, 0.15) is 0 Å². The molecule has 0 unspecified atom stereocenters. The van der Waals surface area contributed by atoms with E-state index in [4.69, 9.17) is 16.3 Å². The lowest BCUT2D eigenvalue weighted by Crippen LogP contribution is -2.02. The second kappa shape index (κ2) is 4.53. The molecule has 0 bridgehead atoms. The van der Waals surface area contributed by atoms with Crippen molar-refractivity contribution in [2.24, 2.45) is 0 Å². The number of carbonyl (C=O) groups is 1. The van der Waals surface area contributed by atoms with Crippen LogP contribution in [0.3, 0.4) is 0 Å². The minimum atomic E-state index is -0.413. The average Bonchev–Trinajstić information content (AvgIpc) is 2.83. The predicted molar refractivity (Wildman–Crippen MR) is 66.5 cm³/mol. The second-order valence-electron chi connectivity index (χ2n) is 3.01. The van der Waals surface area contributed by atoms with Gasteiger partial charge in [0, 0.05) is 4.88 Å². The van der Waals surface area contributed by atoms with Crippen LogP contribution in [0.5, 0.6) is 0 Å². The Hall–Kier alpha value is -0.910. The fourth-order valence-corrected chi connectivity index (χ4v) is 3.33. The number of ether oxygens (including phenoxy) is 1. The van der Waals surface area contributed by atoms with Gasteiger partial charge in [-0.25, -0.2) is 9.78 Å². The maximum absolute atomic E-state index is 11.5. The zero-order chi connectivity index (χ0) is 11.7. The van der Waals surface area contributed by atoms with Gasteiger partial charge < -0.3 is 4.74 Å². The van der Waals surface area contributed by atoms with Crippen LogP contribution < -0.4 is 0 Å². The summed E-state index contributed by atoms with van der Waals surface area (Å²) < 4.78 is 5.39. The molecule has 0 radical (unpaired) electrons. The van der Waals surface area contributed by atoms with E-state index in [1.807, 2.05) is 13.0 Å². The summed E-state index contributed by atoms with van der Waals surface area (Å²) in [6.45, 7) is 1.86. The van der Waals surface area contributed by atoms with Crippen LogP contribution in [-0.2, 0) is 4.74 Å². The molecule has 2 rings (SSSR count). The second-order valence-corrected chi connectivity index (χ2v) is 5.92. The lowest BCUT2D eigenvalue weighted by molar-refractivity contribution is 0.0595. The Morgan fingerprint density at radius 3 is 2.75 bits per heavy atom. The first kappa shape index (κ1) is 11.6. The first-order chi connectivity index (χ1) is 7.61. The number of aryl methyl sites for hydroxylation is 1. The van der Waals surface area contributed by atoms with Gasteiger partial charge in [0.2, 0.25) is 0 Å². The molecule has 0 aliphatic rings. The van der Waals surface area contributed by atoms with Crippen LogP contribution in [0.25, 0.3) is 9.75 Å². The van der Waals surface area contributed by atoms with Crippen molar-refractivity contribution in [3.05, 3.63) is 27.2 Å². The van der Waals surface area contributed by atoms with E-state index in [9.17, 15) is 4.79 Å². The standard InChI is InChI=1S/C10H8ClNO2S2/c1-5-12-8(10(13)14-2)9(15-5)6-3-4-7(11)16-6/h3-4H,1-2H3. The molecule has 0 amide bonds. The maximum atomic E-state index is 11.5. The quantitative estimate of drug-likeness (QED) is 0.785. The third kappa shape index (κ3) is 2.11. The molecular formula is C10H8ClNO2S2. The third-order valence-corrected chi connectivity index (χ3v) is 4.29. The summed E-state index contributed by atoms with van der Waals surface area (Å²) in [5, 5.41) is 0.833. The summed E-state index contributed by atoms with van der Waals surface area (Å²) in [6.07, 6.45) is 0. The molecule has 0 fully saturated rings. The van der Waals surface area contributed by atoms with Gasteiger partial charge in [0.15, 0.2) is 5.69 Å². The van der Waals surface area contributed by atoms with Crippen LogP contribution in [0.1, 0.15) is 15.5 Å². The largest absolute Gasteiger partial charge is 0.464 e. The first-order valence-corrected chi connectivity index (χ1v) is 6.44. The minimum Gasteiger partial charge on any atom is -0.464 e. The topological polar surface area (TPSA) is 39.2 Å². The number of thiophene rings is 1. The Morgan fingerprint density at radius 2 is 2.19 bits per heavy atom. The molecule has 0 aliphatic heterocycles. The molecule has 2 heterocycles. The Balaban J connectivity index is 2.52. The first-order valence-electron chi connectivity index (χ1n) is 4.43. The van der Waals surface area contributed by atoms with E-state index >= 15 is 0 Å². The molecule has 3 nitrogen and oxygen atoms in total. The number of esters is 1. The molecular weight excluding hydrogens is 266 g/mol. The van der Waals surface area contributed by atoms with Crippen LogP contribution in [-0.4, -0.2) is 18.1 Å². The number of halogens is 1. The van der Waals surface area contributed by atoms with Gasteiger partial charge in [-0.1, -0.05) is 11.6 Å². The summed E-state index contributed by atoms with van der Waals surface area (Å²) >= 11 is 8.76. The lowest BCUT2D eigenvalue weighted by atomic mass is 10.3. The normalized spacial score (nSPS) is 10.4. The summed E-state index contributed by atoms with van der Waals surface area (Å²) in [5.74, 6) is -0.413. The SMILES string of the molecule is COC(=O)c1nc(C)sc1-c1ccc(Cl)s1. The summed E-state index contributed by atoms with van der Waals surface area (Å²) in [4.78, 5) is 17.5. The van der Waals surface area contributed by atoms with E-state index in [1.54, 1.807) is 6.07 Å². The number of rotatable bonds is 2. The highest BCUT2D eigenvalue weighted by Crippen LogP contribution is 2.37. The molecule has 0 spiro atoms. The van der Waals surface area contributed by atoms with Crippen molar-refractivity contribution in [2.45, 2.75) is 6.92 Å². The molecule has 6 heteroatoms. The maximum Gasteiger partial charge on any atom is 0.358 e. The average molecular weight is 274 g/mol. The Kier molecular flexibility index (Phi) is 3.28. The van der Waals surface area contributed by atoms with E-state index in [2.05, 4.69) is 4.98 Å².